The van der Waals surface area contributed by atoms with E-state index < -0.39 is 4.92 Å². The number of nitro benzene ring substituents is 1. The highest BCUT2D eigenvalue weighted by Gasteiger charge is 2.16. The number of nitrogens with zero attached hydrogens (tertiary/aromatic N) is 1. The van der Waals surface area contributed by atoms with E-state index in [1.165, 1.54) is 31.0 Å². The number of esters is 1. The molecule has 0 aliphatic carbocycles. The van der Waals surface area contributed by atoms with E-state index in [4.69, 9.17) is 4.74 Å². The Hall–Kier alpha value is -1.76. The van der Waals surface area contributed by atoms with Gasteiger partial charge in [0, 0.05) is 16.7 Å². The number of methoxy groups -OCH3 is 1. The van der Waals surface area contributed by atoms with Crippen LogP contribution in [0.15, 0.2) is 23.1 Å². The molecule has 1 unspecified atom stereocenters. The molecule has 0 saturated carbocycles. The smallest absolute Gasteiger partial charge is 0.309 e. The number of hydrogen-bond acceptors (Lipinski definition) is 6. The molecule has 0 heterocycles. The number of hydrogen-bond donors (Lipinski definition) is 0. The molecule has 0 radical (unpaired) electrons. The zero-order valence-electron chi connectivity index (χ0n) is 12.3. The number of thioether (sulfide) groups is 1. The van der Waals surface area contributed by atoms with Crippen molar-refractivity contribution in [2.75, 3.05) is 19.5 Å². The van der Waals surface area contributed by atoms with Crippen LogP contribution in [0.5, 0.6) is 5.75 Å². The van der Waals surface area contributed by atoms with E-state index in [0.29, 0.717) is 23.0 Å². The highest BCUT2D eigenvalue weighted by atomic mass is 32.2. The second-order valence-electron chi connectivity index (χ2n) is 4.50. The van der Waals surface area contributed by atoms with E-state index in [1.807, 2.05) is 6.92 Å². The minimum Gasteiger partial charge on any atom is -0.493 e. The van der Waals surface area contributed by atoms with Gasteiger partial charge in [-0.3, -0.25) is 14.9 Å². The third-order valence-electron chi connectivity index (χ3n) is 2.65. The average molecular weight is 313 g/mol. The molecule has 0 aliphatic rings. The SMILES string of the molecule is CCCOc1cc(SCC(C)C(=O)OC)cc([N+](=O)[O-])c1. The molecule has 1 aromatic carbocycles. The summed E-state index contributed by atoms with van der Waals surface area (Å²) in [5.74, 6) is 0.384. The van der Waals surface area contributed by atoms with Crippen molar-refractivity contribution >= 4 is 23.4 Å². The summed E-state index contributed by atoms with van der Waals surface area (Å²) in [7, 11) is 1.34. The van der Waals surface area contributed by atoms with Gasteiger partial charge in [0.15, 0.2) is 0 Å². The van der Waals surface area contributed by atoms with Gasteiger partial charge in [0.05, 0.1) is 30.6 Å². The Morgan fingerprint density at radius 2 is 2.14 bits per heavy atom. The van der Waals surface area contributed by atoms with Gasteiger partial charge in [0.1, 0.15) is 5.75 Å². The van der Waals surface area contributed by atoms with Crippen molar-refractivity contribution in [3.63, 3.8) is 0 Å². The highest BCUT2D eigenvalue weighted by Crippen LogP contribution is 2.30. The first kappa shape index (κ1) is 17.3. The Kier molecular flexibility index (Phi) is 7.01. The van der Waals surface area contributed by atoms with Crippen molar-refractivity contribution in [2.24, 2.45) is 5.92 Å². The summed E-state index contributed by atoms with van der Waals surface area (Å²) in [6.07, 6.45) is 0.824. The second-order valence-corrected chi connectivity index (χ2v) is 5.60. The predicted molar refractivity (Wildman–Crippen MR) is 80.8 cm³/mol. The standard InChI is InChI=1S/C14H19NO5S/c1-4-5-20-12-6-11(15(17)18)7-13(8-12)21-9-10(2)14(16)19-3/h6-8,10H,4-5,9H2,1-3H3. The second kappa shape index (κ2) is 8.51. The molecule has 0 fully saturated rings. The average Bonchev–Trinajstić information content (AvgIpc) is 2.49. The molecule has 0 saturated heterocycles. The maximum atomic E-state index is 11.3. The van der Waals surface area contributed by atoms with Crippen LogP contribution in [0.25, 0.3) is 0 Å². The summed E-state index contributed by atoms with van der Waals surface area (Å²) in [6, 6.07) is 4.63. The van der Waals surface area contributed by atoms with Gasteiger partial charge in [-0.2, -0.15) is 0 Å². The van der Waals surface area contributed by atoms with Crippen LogP contribution >= 0.6 is 11.8 Å². The Labute approximate surface area is 128 Å². The molecule has 0 spiro atoms. The Bertz CT molecular complexity index is 506. The van der Waals surface area contributed by atoms with Crippen molar-refractivity contribution in [2.45, 2.75) is 25.2 Å². The molecule has 0 N–H and O–H groups in total. The highest BCUT2D eigenvalue weighted by molar-refractivity contribution is 7.99. The van der Waals surface area contributed by atoms with E-state index in [2.05, 4.69) is 4.74 Å². The predicted octanol–water partition coefficient (Wildman–Crippen LogP) is 3.28. The number of non-ortho nitro benzene ring substituents is 1. The van der Waals surface area contributed by atoms with Crippen LogP contribution in [0.2, 0.25) is 0 Å². The lowest BCUT2D eigenvalue weighted by Gasteiger charge is -2.10. The fraction of sp³-hybridized carbons (Fsp3) is 0.500. The quantitative estimate of drug-likeness (QED) is 0.317. The fourth-order valence-electron chi connectivity index (χ4n) is 1.54. The van der Waals surface area contributed by atoms with Crippen LogP contribution in [0.4, 0.5) is 5.69 Å². The van der Waals surface area contributed by atoms with Crippen LogP contribution in [0, 0.1) is 16.0 Å². The van der Waals surface area contributed by atoms with Gasteiger partial charge in [0.25, 0.3) is 5.69 Å². The minimum atomic E-state index is -0.452. The molecule has 7 heteroatoms. The lowest BCUT2D eigenvalue weighted by molar-refractivity contribution is -0.385. The van der Waals surface area contributed by atoms with Crippen molar-refractivity contribution < 1.29 is 19.2 Å². The molecule has 116 valence electrons. The van der Waals surface area contributed by atoms with Crippen LogP contribution < -0.4 is 4.74 Å². The van der Waals surface area contributed by atoms with Gasteiger partial charge in [-0.25, -0.2) is 0 Å². The first-order valence-electron chi connectivity index (χ1n) is 6.60. The monoisotopic (exact) mass is 313 g/mol. The zero-order valence-corrected chi connectivity index (χ0v) is 13.1. The van der Waals surface area contributed by atoms with E-state index in [1.54, 1.807) is 13.0 Å². The number of rotatable bonds is 8. The number of nitro groups is 1. The summed E-state index contributed by atoms with van der Waals surface area (Å²) in [6.45, 7) is 4.22. The number of carbonyl (C=O) groups is 1. The van der Waals surface area contributed by atoms with Gasteiger partial charge in [0.2, 0.25) is 0 Å². The maximum absolute atomic E-state index is 11.3. The van der Waals surface area contributed by atoms with Gasteiger partial charge in [-0.1, -0.05) is 13.8 Å². The normalized spacial score (nSPS) is 11.8. The summed E-state index contributed by atoms with van der Waals surface area (Å²) in [5.41, 5.74) is -0.0168. The largest absolute Gasteiger partial charge is 0.493 e. The Balaban J connectivity index is 2.82. The summed E-state index contributed by atoms with van der Waals surface area (Å²) in [4.78, 5) is 22.5. The molecule has 6 nitrogen and oxygen atoms in total. The Morgan fingerprint density at radius 1 is 1.43 bits per heavy atom. The van der Waals surface area contributed by atoms with Gasteiger partial charge < -0.3 is 9.47 Å². The lowest BCUT2D eigenvalue weighted by atomic mass is 10.2. The van der Waals surface area contributed by atoms with E-state index in [9.17, 15) is 14.9 Å². The van der Waals surface area contributed by atoms with Gasteiger partial charge >= 0.3 is 5.97 Å². The molecule has 1 atom stereocenters. The van der Waals surface area contributed by atoms with Crippen molar-refractivity contribution in [1.29, 1.82) is 0 Å². The van der Waals surface area contributed by atoms with Gasteiger partial charge in [-0.05, 0) is 12.5 Å². The third-order valence-corrected chi connectivity index (χ3v) is 3.89. The van der Waals surface area contributed by atoms with Crippen molar-refractivity contribution in [3.8, 4) is 5.75 Å². The minimum absolute atomic E-state index is 0.0168. The Morgan fingerprint density at radius 3 is 2.71 bits per heavy atom. The molecule has 0 aromatic heterocycles. The molecule has 0 bridgehead atoms. The molecular weight excluding hydrogens is 294 g/mol. The number of carbonyl (C=O) groups excluding carboxylic acids is 1. The molecule has 1 rings (SSSR count). The summed E-state index contributed by atoms with van der Waals surface area (Å²) >= 11 is 1.37. The van der Waals surface area contributed by atoms with E-state index in [-0.39, 0.29) is 17.6 Å². The number of ether oxygens (including phenoxy) is 2. The molecule has 21 heavy (non-hydrogen) atoms. The molecule has 0 aliphatic heterocycles. The summed E-state index contributed by atoms with van der Waals surface area (Å²) in [5, 5.41) is 10.9. The number of benzene rings is 1. The van der Waals surface area contributed by atoms with Crippen molar-refractivity contribution in [1.82, 2.24) is 0 Å². The van der Waals surface area contributed by atoms with Crippen LogP contribution in [-0.4, -0.2) is 30.4 Å². The third kappa shape index (κ3) is 5.63. The van der Waals surface area contributed by atoms with Crippen LogP contribution in [0.3, 0.4) is 0 Å². The topological polar surface area (TPSA) is 78.7 Å². The zero-order chi connectivity index (χ0) is 15.8. The van der Waals surface area contributed by atoms with Crippen molar-refractivity contribution in [3.05, 3.63) is 28.3 Å². The first-order chi connectivity index (χ1) is 9.97. The van der Waals surface area contributed by atoms with Gasteiger partial charge in [-0.15, -0.1) is 11.8 Å². The first-order valence-corrected chi connectivity index (χ1v) is 7.59. The maximum Gasteiger partial charge on any atom is 0.309 e. The molecule has 0 amide bonds. The van der Waals surface area contributed by atoms with E-state index in [0.717, 1.165) is 6.42 Å². The molecule has 1 aromatic rings. The van der Waals surface area contributed by atoms with Crippen LogP contribution in [-0.2, 0) is 9.53 Å². The fourth-order valence-corrected chi connectivity index (χ4v) is 2.52. The van der Waals surface area contributed by atoms with Crippen LogP contribution in [0.1, 0.15) is 20.3 Å². The summed E-state index contributed by atoms with van der Waals surface area (Å²) < 4.78 is 10.1. The van der Waals surface area contributed by atoms with E-state index >= 15 is 0 Å². The lowest BCUT2D eigenvalue weighted by Crippen LogP contribution is -2.14. The molecular formula is C14H19NO5S.